The van der Waals surface area contributed by atoms with Gasteiger partial charge in [-0.1, -0.05) is 0 Å². The van der Waals surface area contributed by atoms with Gasteiger partial charge in [0.2, 0.25) is 11.8 Å². The van der Waals surface area contributed by atoms with E-state index in [1.165, 1.54) is 11.9 Å². The molecule has 0 radical (unpaired) electrons. The average molecular weight is 371 g/mol. The SMILES string of the molecule is CN(C(=O)c1cc(N2CCC(=O)CC2)ccc1C=O)C1CCC(=O)NC1=O. The Bertz CT molecular complexity index is 810. The highest BCUT2D eigenvalue weighted by molar-refractivity contribution is 6.06. The van der Waals surface area contributed by atoms with Crippen LogP contribution in [0, 0.1) is 0 Å². The molecule has 2 saturated heterocycles. The van der Waals surface area contributed by atoms with Gasteiger partial charge in [0.15, 0.2) is 6.29 Å². The standard InChI is InChI=1S/C19H21N3O5/c1-21(16-4-5-17(25)20-18(16)26)19(27)15-10-13(3-2-12(15)11-23)22-8-6-14(24)7-9-22/h2-3,10-11,16H,4-9H2,1H3,(H,20,25,26). The van der Waals surface area contributed by atoms with Crippen LogP contribution >= 0.6 is 0 Å². The Labute approximate surface area is 156 Å². The number of piperidine rings is 2. The van der Waals surface area contributed by atoms with Crippen molar-refractivity contribution in [1.82, 2.24) is 10.2 Å². The molecule has 3 rings (SSSR count). The second-order valence-corrected chi connectivity index (χ2v) is 6.80. The number of amides is 3. The lowest BCUT2D eigenvalue weighted by Crippen LogP contribution is -2.53. The number of carbonyl (C=O) groups is 5. The molecule has 2 heterocycles. The molecule has 1 unspecified atom stereocenters. The fourth-order valence-electron chi connectivity index (χ4n) is 3.43. The molecular formula is C19H21N3O5. The lowest BCUT2D eigenvalue weighted by molar-refractivity contribution is -0.136. The van der Waals surface area contributed by atoms with Crippen molar-refractivity contribution in [3.63, 3.8) is 0 Å². The monoisotopic (exact) mass is 371 g/mol. The number of likely N-dealkylation sites (N-methyl/N-ethyl adjacent to an activating group) is 1. The van der Waals surface area contributed by atoms with E-state index in [2.05, 4.69) is 5.32 Å². The first-order chi connectivity index (χ1) is 12.9. The molecule has 1 aromatic rings. The Balaban J connectivity index is 1.85. The second kappa shape index (κ2) is 7.69. The van der Waals surface area contributed by atoms with Crippen LogP contribution in [-0.4, -0.2) is 60.9 Å². The van der Waals surface area contributed by atoms with Gasteiger partial charge in [-0.25, -0.2) is 0 Å². The van der Waals surface area contributed by atoms with E-state index < -0.39 is 17.9 Å². The fourth-order valence-corrected chi connectivity index (χ4v) is 3.43. The van der Waals surface area contributed by atoms with Crippen LogP contribution in [-0.2, 0) is 14.4 Å². The van der Waals surface area contributed by atoms with Crippen molar-refractivity contribution >= 4 is 35.5 Å². The summed E-state index contributed by atoms with van der Waals surface area (Å²) in [6, 6.07) is 4.20. The van der Waals surface area contributed by atoms with Gasteiger partial charge in [-0.15, -0.1) is 0 Å². The van der Waals surface area contributed by atoms with Crippen molar-refractivity contribution in [3.05, 3.63) is 29.3 Å². The number of ketones is 1. The van der Waals surface area contributed by atoms with Crippen molar-refractivity contribution in [3.8, 4) is 0 Å². The molecule has 27 heavy (non-hydrogen) atoms. The molecule has 142 valence electrons. The van der Waals surface area contributed by atoms with E-state index in [1.54, 1.807) is 18.2 Å². The number of Topliss-reactive ketones (excluding diaryl/α,β-unsaturated/α-hetero) is 1. The highest BCUT2D eigenvalue weighted by Crippen LogP contribution is 2.24. The molecule has 0 aromatic heterocycles. The van der Waals surface area contributed by atoms with E-state index in [0.717, 1.165) is 5.69 Å². The third-order valence-electron chi connectivity index (χ3n) is 5.08. The molecule has 0 spiro atoms. The summed E-state index contributed by atoms with van der Waals surface area (Å²) in [4.78, 5) is 62.5. The summed E-state index contributed by atoms with van der Waals surface area (Å²) in [7, 11) is 1.49. The largest absolute Gasteiger partial charge is 0.371 e. The number of carbonyl (C=O) groups excluding carboxylic acids is 5. The lowest BCUT2D eigenvalue weighted by Gasteiger charge is -2.31. The number of imide groups is 1. The van der Waals surface area contributed by atoms with Crippen LogP contribution in [0.3, 0.4) is 0 Å². The molecule has 0 saturated carbocycles. The Morgan fingerprint density at radius 3 is 2.52 bits per heavy atom. The highest BCUT2D eigenvalue weighted by Gasteiger charge is 2.33. The minimum atomic E-state index is -0.758. The maximum Gasteiger partial charge on any atom is 0.255 e. The number of hydrogen-bond acceptors (Lipinski definition) is 6. The number of rotatable bonds is 4. The van der Waals surface area contributed by atoms with E-state index >= 15 is 0 Å². The van der Waals surface area contributed by atoms with Crippen LogP contribution in [0.2, 0.25) is 0 Å². The van der Waals surface area contributed by atoms with Crippen LogP contribution in [0.5, 0.6) is 0 Å². The quantitative estimate of drug-likeness (QED) is 0.612. The van der Waals surface area contributed by atoms with E-state index in [4.69, 9.17) is 0 Å². The molecule has 2 aliphatic heterocycles. The topological polar surface area (TPSA) is 104 Å². The Hall–Kier alpha value is -3.03. The molecular weight excluding hydrogens is 350 g/mol. The molecule has 1 atom stereocenters. The average Bonchev–Trinajstić information content (AvgIpc) is 2.67. The van der Waals surface area contributed by atoms with Crippen LogP contribution in [0.4, 0.5) is 5.69 Å². The highest BCUT2D eigenvalue weighted by atomic mass is 16.2. The van der Waals surface area contributed by atoms with Crippen molar-refractivity contribution in [2.75, 3.05) is 25.0 Å². The van der Waals surface area contributed by atoms with Crippen LogP contribution < -0.4 is 10.2 Å². The first-order valence-electron chi connectivity index (χ1n) is 8.87. The maximum atomic E-state index is 13.0. The lowest BCUT2D eigenvalue weighted by atomic mass is 10.0. The number of nitrogens with zero attached hydrogens (tertiary/aromatic N) is 2. The summed E-state index contributed by atoms with van der Waals surface area (Å²) in [5.74, 6) is -1.11. The maximum absolute atomic E-state index is 13.0. The first-order valence-corrected chi connectivity index (χ1v) is 8.87. The van der Waals surface area contributed by atoms with Gasteiger partial charge in [0.05, 0.1) is 5.56 Å². The Morgan fingerprint density at radius 2 is 1.89 bits per heavy atom. The van der Waals surface area contributed by atoms with Crippen molar-refractivity contribution in [1.29, 1.82) is 0 Å². The number of anilines is 1. The van der Waals surface area contributed by atoms with Gasteiger partial charge in [-0.05, 0) is 24.6 Å². The van der Waals surface area contributed by atoms with E-state index in [9.17, 15) is 24.0 Å². The van der Waals surface area contributed by atoms with Crippen molar-refractivity contribution < 1.29 is 24.0 Å². The zero-order chi connectivity index (χ0) is 19.6. The third-order valence-corrected chi connectivity index (χ3v) is 5.08. The molecule has 1 N–H and O–H groups in total. The normalized spacial score (nSPS) is 20.3. The molecule has 8 heteroatoms. The van der Waals surface area contributed by atoms with Crippen molar-refractivity contribution in [2.24, 2.45) is 0 Å². The van der Waals surface area contributed by atoms with Gasteiger partial charge in [-0.3, -0.25) is 29.3 Å². The van der Waals surface area contributed by atoms with Gasteiger partial charge in [0.1, 0.15) is 11.8 Å². The summed E-state index contributed by atoms with van der Waals surface area (Å²) < 4.78 is 0. The molecule has 2 fully saturated rings. The Morgan fingerprint density at radius 1 is 1.19 bits per heavy atom. The number of hydrogen-bond donors (Lipinski definition) is 1. The predicted octanol–water partition coefficient (Wildman–Crippen LogP) is 0.546. The number of aldehydes is 1. The van der Waals surface area contributed by atoms with Gasteiger partial charge in [-0.2, -0.15) is 0 Å². The zero-order valence-corrected chi connectivity index (χ0v) is 15.1. The minimum absolute atomic E-state index is 0.163. The summed E-state index contributed by atoms with van der Waals surface area (Å²) in [6.45, 7) is 1.13. The summed E-state index contributed by atoms with van der Waals surface area (Å²) in [6.07, 6.45) is 1.92. The van der Waals surface area contributed by atoms with Crippen LogP contribution in [0.1, 0.15) is 46.4 Å². The van der Waals surface area contributed by atoms with Crippen LogP contribution in [0.15, 0.2) is 18.2 Å². The zero-order valence-electron chi connectivity index (χ0n) is 15.1. The molecule has 0 bridgehead atoms. The fraction of sp³-hybridized carbons (Fsp3) is 0.421. The molecule has 8 nitrogen and oxygen atoms in total. The van der Waals surface area contributed by atoms with Gasteiger partial charge >= 0.3 is 0 Å². The third kappa shape index (κ3) is 3.89. The first kappa shape index (κ1) is 18.8. The molecule has 1 aromatic carbocycles. The summed E-state index contributed by atoms with van der Waals surface area (Å²) >= 11 is 0. The van der Waals surface area contributed by atoms with Crippen LogP contribution in [0.25, 0.3) is 0 Å². The predicted molar refractivity (Wildman–Crippen MR) is 96.5 cm³/mol. The summed E-state index contributed by atoms with van der Waals surface area (Å²) in [5.41, 5.74) is 1.19. The van der Waals surface area contributed by atoms with E-state index in [-0.39, 0.29) is 35.7 Å². The van der Waals surface area contributed by atoms with E-state index in [1.807, 2.05) is 4.90 Å². The van der Waals surface area contributed by atoms with Gasteiger partial charge in [0.25, 0.3) is 5.91 Å². The smallest absolute Gasteiger partial charge is 0.255 e. The number of nitrogens with one attached hydrogen (secondary N) is 1. The molecule has 0 aliphatic carbocycles. The van der Waals surface area contributed by atoms with Gasteiger partial charge < -0.3 is 9.80 Å². The van der Waals surface area contributed by atoms with E-state index in [0.29, 0.717) is 32.2 Å². The number of benzene rings is 1. The second-order valence-electron chi connectivity index (χ2n) is 6.80. The van der Waals surface area contributed by atoms with Gasteiger partial charge in [0, 0.05) is 50.7 Å². The Kier molecular flexibility index (Phi) is 5.34. The molecule has 2 aliphatic rings. The minimum Gasteiger partial charge on any atom is -0.371 e. The molecule has 3 amide bonds. The summed E-state index contributed by atoms with van der Waals surface area (Å²) in [5, 5.41) is 2.23. The van der Waals surface area contributed by atoms with Crippen molar-refractivity contribution in [2.45, 2.75) is 31.7 Å².